The number of hydrogen-bond acceptors (Lipinski definition) is 1. The Morgan fingerprint density at radius 2 is 2.25 bits per heavy atom. The lowest BCUT2D eigenvalue weighted by molar-refractivity contribution is 0.151. The molecular formula is C7H12O. The first kappa shape index (κ1) is 5.83. The van der Waals surface area contributed by atoms with E-state index < -0.39 is 0 Å². The predicted octanol–water partition coefficient (Wildman–Crippen LogP) is 1.48. The van der Waals surface area contributed by atoms with Gasteiger partial charge in [0.15, 0.2) is 0 Å². The minimum atomic E-state index is -0.328. The van der Waals surface area contributed by atoms with Crippen LogP contribution in [0.1, 0.15) is 26.2 Å². The standard InChI is InChI=1S/C7H12O/c1-6(2)5-7(8)3-4-7/h8H,1,3-5H2,2H3. The molecule has 0 aromatic carbocycles. The van der Waals surface area contributed by atoms with E-state index in [4.69, 9.17) is 0 Å². The zero-order valence-corrected chi connectivity index (χ0v) is 5.28. The van der Waals surface area contributed by atoms with Crippen LogP contribution in [0.25, 0.3) is 0 Å². The van der Waals surface area contributed by atoms with Crippen molar-refractivity contribution < 1.29 is 5.11 Å². The number of aliphatic hydroxyl groups is 1. The van der Waals surface area contributed by atoms with Gasteiger partial charge in [-0.25, -0.2) is 0 Å². The highest BCUT2D eigenvalue weighted by molar-refractivity contribution is 5.04. The normalized spacial score (nSPS) is 22.8. The summed E-state index contributed by atoms with van der Waals surface area (Å²) in [6.07, 6.45) is 2.74. The fourth-order valence-corrected chi connectivity index (χ4v) is 0.883. The van der Waals surface area contributed by atoms with E-state index in [0.29, 0.717) is 0 Å². The quantitative estimate of drug-likeness (QED) is 0.536. The molecule has 0 radical (unpaired) electrons. The summed E-state index contributed by atoms with van der Waals surface area (Å²) in [5, 5.41) is 9.24. The topological polar surface area (TPSA) is 20.2 Å². The van der Waals surface area contributed by atoms with Gasteiger partial charge in [-0.3, -0.25) is 0 Å². The molecule has 1 N–H and O–H groups in total. The maximum atomic E-state index is 9.24. The van der Waals surface area contributed by atoms with E-state index in [2.05, 4.69) is 6.58 Å². The van der Waals surface area contributed by atoms with E-state index in [1.807, 2.05) is 6.92 Å². The lowest BCUT2D eigenvalue weighted by Crippen LogP contribution is -2.05. The molecule has 1 heteroatoms. The van der Waals surface area contributed by atoms with Crippen molar-refractivity contribution in [3.8, 4) is 0 Å². The minimum Gasteiger partial charge on any atom is -0.390 e. The van der Waals surface area contributed by atoms with Crippen LogP contribution in [0.5, 0.6) is 0 Å². The van der Waals surface area contributed by atoms with Crippen LogP contribution in [-0.4, -0.2) is 10.7 Å². The van der Waals surface area contributed by atoms with Crippen LogP contribution in [0, 0.1) is 0 Å². The van der Waals surface area contributed by atoms with Crippen LogP contribution < -0.4 is 0 Å². The molecule has 0 spiro atoms. The highest BCUT2D eigenvalue weighted by atomic mass is 16.3. The van der Waals surface area contributed by atoms with Gasteiger partial charge in [-0.1, -0.05) is 5.57 Å². The van der Waals surface area contributed by atoms with Gasteiger partial charge in [0, 0.05) is 0 Å². The maximum absolute atomic E-state index is 9.24. The molecule has 1 saturated carbocycles. The van der Waals surface area contributed by atoms with Gasteiger partial charge in [0.25, 0.3) is 0 Å². The summed E-state index contributed by atoms with van der Waals surface area (Å²) >= 11 is 0. The molecule has 46 valence electrons. The molecular weight excluding hydrogens is 100 g/mol. The van der Waals surface area contributed by atoms with Crippen molar-refractivity contribution >= 4 is 0 Å². The first-order chi connectivity index (χ1) is 3.62. The van der Waals surface area contributed by atoms with Gasteiger partial charge < -0.3 is 5.11 Å². The zero-order chi connectivity index (χ0) is 6.20. The second kappa shape index (κ2) is 1.59. The Morgan fingerprint density at radius 1 is 1.75 bits per heavy atom. The van der Waals surface area contributed by atoms with Gasteiger partial charge in [-0.05, 0) is 26.2 Å². The van der Waals surface area contributed by atoms with Crippen molar-refractivity contribution in [1.29, 1.82) is 0 Å². The van der Waals surface area contributed by atoms with E-state index in [-0.39, 0.29) is 5.60 Å². The summed E-state index contributed by atoms with van der Waals surface area (Å²) in [5.74, 6) is 0. The minimum absolute atomic E-state index is 0.328. The van der Waals surface area contributed by atoms with Gasteiger partial charge >= 0.3 is 0 Å². The molecule has 8 heavy (non-hydrogen) atoms. The Bertz CT molecular complexity index is 112. The van der Waals surface area contributed by atoms with Crippen molar-refractivity contribution in [3.05, 3.63) is 12.2 Å². The Morgan fingerprint density at radius 3 is 2.38 bits per heavy atom. The summed E-state index contributed by atoms with van der Waals surface area (Å²) in [4.78, 5) is 0. The lowest BCUT2D eigenvalue weighted by atomic mass is 10.1. The van der Waals surface area contributed by atoms with Crippen molar-refractivity contribution in [3.63, 3.8) is 0 Å². The molecule has 0 aromatic rings. The maximum Gasteiger partial charge on any atom is 0.0686 e. The first-order valence-corrected chi connectivity index (χ1v) is 2.99. The average Bonchev–Trinajstić information content (AvgIpc) is 2.17. The molecule has 0 unspecified atom stereocenters. The largest absolute Gasteiger partial charge is 0.390 e. The first-order valence-electron chi connectivity index (χ1n) is 2.99. The molecule has 0 bridgehead atoms. The Hall–Kier alpha value is -0.300. The van der Waals surface area contributed by atoms with Crippen LogP contribution in [0.4, 0.5) is 0 Å². The molecule has 0 aromatic heterocycles. The van der Waals surface area contributed by atoms with E-state index in [1.54, 1.807) is 0 Å². The third-order valence-corrected chi connectivity index (χ3v) is 1.46. The van der Waals surface area contributed by atoms with Gasteiger partial charge in [0.2, 0.25) is 0 Å². The van der Waals surface area contributed by atoms with E-state index in [1.165, 1.54) is 0 Å². The third kappa shape index (κ3) is 1.34. The molecule has 1 aliphatic carbocycles. The summed E-state index contributed by atoms with van der Waals surface area (Å²) < 4.78 is 0. The van der Waals surface area contributed by atoms with Crippen molar-refractivity contribution in [2.45, 2.75) is 31.8 Å². The SMILES string of the molecule is C=C(C)CC1(O)CC1. The van der Waals surface area contributed by atoms with Crippen LogP contribution in [0.15, 0.2) is 12.2 Å². The Labute approximate surface area is 50.0 Å². The number of hydrogen-bond donors (Lipinski definition) is 1. The molecule has 1 fully saturated rings. The van der Waals surface area contributed by atoms with Gasteiger partial charge in [0.1, 0.15) is 0 Å². The molecule has 1 aliphatic rings. The van der Waals surface area contributed by atoms with Crippen molar-refractivity contribution in [2.24, 2.45) is 0 Å². The summed E-state index contributed by atoms with van der Waals surface area (Å²) in [5.41, 5.74) is 0.760. The highest BCUT2D eigenvalue weighted by Crippen LogP contribution is 2.39. The lowest BCUT2D eigenvalue weighted by Gasteiger charge is -2.03. The molecule has 0 atom stereocenters. The zero-order valence-electron chi connectivity index (χ0n) is 5.28. The fraction of sp³-hybridized carbons (Fsp3) is 0.714. The van der Waals surface area contributed by atoms with Crippen molar-refractivity contribution in [1.82, 2.24) is 0 Å². The molecule has 1 nitrogen and oxygen atoms in total. The van der Waals surface area contributed by atoms with Gasteiger partial charge in [0.05, 0.1) is 5.60 Å². The monoisotopic (exact) mass is 112 g/mol. The smallest absolute Gasteiger partial charge is 0.0686 e. The predicted molar refractivity (Wildman–Crippen MR) is 33.6 cm³/mol. The van der Waals surface area contributed by atoms with Gasteiger partial charge in [-0.2, -0.15) is 0 Å². The van der Waals surface area contributed by atoms with Crippen LogP contribution in [0.3, 0.4) is 0 Å². The van der Waals surface area contributed by atoms with E-state index in [9.17, 15) is 5.11 Å². The second-order valence-electron chi connectivity index (χ2n) is 2.86. The average molecular weight is 112 g/mol. The molecule has 0 saturated heterocycles. The summed E-state index contributed by atoms with van der Waals surface area (Å²) in [7, 11) is 0. The Kier molecular flexibility index (Phi) is 1.16. The third-order valence-electron chi connectivity index (χ3n) is 1.46. The van der Waals surface area contributed by atoms with Crippen LogP contribution in [0.2, 0.25) is 0 Å². The number of rotatable bonds is 2. The molecule has 0 aliphatic heterocycles. The summed E-state index contributed by atoms with van der Waals surface area (Å²) in [6.45, 7) is 5.68. The van der Waals surface area contributed by atoms with Gasteiger partial charge in [-0.15, -0.1) is 6.58 Å². The van der Waals surface area contributed by atoms with Crippen LogP contribution >= 0.6 is 0 Å². The molecule has 1 rings (SSSR count). The Balaban J connectivity index is 2.29. The molecule has 0 heterocycles. The van der Waals surface area contributed by atoms with Crippen molar-refractivity contribution in [2.75, 3.05) is 0 Å². The molecule has 0 amide bonds. The fourth-order valence-electron chi connectivity index (χ4n) is 0.883. The van der Waals surface area contributed by atoms with Crippen LogP contribution in [-0.2, 0) is 0 Å². The van der Waals surface area contributed by atoms with E-state index >= 15 is 0 Å². The highest BCUT2D eigenvalue weighted by Gasteiger charge is 2.39. The second-order valence-corrected chi connectivity index (χ2v) is 2.86. The summed E-state index contributed by atoms with van der Waals surface area (Å²) in [6, 6.07) is 0. The van der Waals surface area contributed by atoms with E-state index in [0.717, 1.165) is 24.8 Å².